The van der Waals surface area contributed by atoms with E-state index in [1.165, 1.54) is 24.8 Å². The predicted octanol–water partition coefficient (Wildman–Crippen LogP) is 0.769. The van der Waals surface area contributed by atoms with Gasteiger partial charge in [-0.2, -0.15) is 0 Å². The van der Waals surface area contributed by atoms with E-state index >= 15 is 0 Å². The van der Waals surface area contributed by atoms with Gasteiger partial charge in [-0.15, -0.1) is 0 Å². The number of hydrogen-bond donors (Lipinski definition) is 2. The summed E-state index contributed by atoms with van der Waals surface area (Å²) in [5, 5.41) is 4.99. The zero-order chi connectivity index (χ0) is 13.9. The average Bonchev–Trinajstić information content (AvgIpc) is 2.37. The van der Waals surface area contributed by atoms with Crippen molar-refractivity contribution in [3.63, 3.8) is 0 Å². The zero-order valence-corrected chi connectivity index (χ0v) is 11.5. The second kappa shape index (κ2) is 5.44. The maximum atomic E-state index is 11.1. The summed E-state index contributed by atoms with van der Waals surface area (Å²) in [5.41, 5.74) is 5.94. The van der Waals surface area contributed by atoms with E-state index in [1.807, 2.05) is 0 Å². The smallest absolute Gasteiger partial charge is 0.239 e. The van der Waals surface area contributed by atoms with Crippen LogP contribution >= 0.6 is 0 Å². The minimum Gasteiger partial charge on any atom is -0.476 e. The Balaban J connectivity index is 1.96. The van der Waals surface area contributed by atoms with E-state index in [2.05, 4.69) is 4.98 Å². The number of hydrogen-bond acceptors (Lipinski definition) is 5. The van der Waals surface area contributed by atoms with Crippen molar-refractivity contribution in [1.29, 1.82) is 0 Å². The zero-order valence-electron chi connectivity index (χ0n) is 10.7. The standard InChI is InChI=1S/C12H19N3O3S/c13-12(6-2-1-3-7-12)9-18-11-5-4-10(8-15-11)19(14,16)17/h4-5,8H,1-3,6-7,9,13H2,(H2,14,16,17). The monoisotopic (exact) mass is 285 g/mol. The number of nitrogens with two attached hydrogens (primary N) is 2. The van der Waals surface area contributed by atoms with Crippen LogP contribution in [0.2, 0.25) is 0 Å². The number of aromatic nitrogens is 1. The summed E-state index contributed by atoms with van der Waals surface area (Å²) in [5.74, 6) is 0.364. The number of sulfonamides is 1. The number of pyridine rings is 1. The summed E-state index contributed by atoms with van der Waals surface area (Å²) in [6.45, 7) is 0.398. The summed E-state index contributed by atoms with van der Waals surface area (Å²) in [7, 11) is -3.71. The Bertz CT molecular complexity index is 522. The van der Waals surface area contributed by atoms with Crippen molar-refractivity contribution in [3.05, 3.63) is 18.3 Å². The van der Waals surface area contributed by atoms with Crippen molar-refractivity contribution in [3.8, 4) is 5.88 Å². The number of ether oxygens (including phenoxy) is 1. The molecule has 1 aromatic rings. The van der Waals surface area contributed by atoms with Gasteiger partial charge >= 0.3 is 0 Å². The van der Waals surface area contributed by atoms with Gasteiger partial charge in [0, 0.05) is 6.07 Å². The van der Waals surface area contributed by atoms with Crippen LogP contribution in [0, 0.1) is 0 Å². The van der Waals surface area contributed by atoms with Crippen LogP contribution in [0.25, 0.3) is 0 Å². The molecule has 0 radical (unpaired) electrons. The highest BCUT2D eigenvalue weighted by atomic mass is 32.2. The highest BCUT2D eigenvalue weighted by Crippen LogP contribution is 2.26. The molecule has 6 nitrogen and oxygen atoms in total. The molecule has 0 bridgehead atoms. The molecule has 1 heterocycles. The van der Waals surface area contributed by atoms with E-state index in [9.17, 15) is 8.42 Å². The first-order chi connectivity index (χ1) is 8.89. The number of nitrogens with zero attached hydrogens (tertiary/aromatic N) is 1. The molecule has 0 atom stereocenters. The Morgan fingerprint density at radius 2 is 1.95 bits per heavy atom. The lowest BCUT2D eigenvalue weighted by atomic mass is 9.83. The topological polar surface area (TPSA) is 108 Å². The fourth-order valence-corrected chi connectivity index (χ4v) is 2.70. The van der Waals surface area contributed by atoms with Gasteiger partial charge < -0.3 is 10.5 Å². The first kappa shape index (κ1) is 14.2. The van der Waals surface area contributed by atoms with Crippen molar-refractivity contribution in [2.24, 2.45) is 10.9 Å². The number of rotatable bonds is 4. The molecule has 4 N–H and O–H groups in total. The third-order valence-corrected chi connectivity index (χ3v) is 4.29. The SMILES string of the molecule is NC1(COc2ccc(S(N)(=O)=O)cn2)CCCCC1. The van der Waals surface area contributed by atoms with Crippen molar-refractivity contribution in [1.82, 2.24) is 4.98 Å². The summed E-state index contributed by atoms with van der Waals surface area (Å²) >= 11 is 0. The molecule has 7 heteroatoms. The Morgan fingerprint density at radius 3 is 2.47 bits per heavy atom. The first-order valence-corrected chi connectivity index (χ1v) is 7.84. The van der Waals surface area contributed by atoms with Gasteiger partial charge in [0.1, 0.15) is 11.5 Å². The van der Waals surface area contributed by atoms with Gasteiger partial charge in [0.2, 0.25) is 15.9 Å². The minimum atomic E-state index is -3.71. The Hall–Kier alpha value is -1.18. The van der Waals surface area contributed by atoms with Crippen molar-refractivity contribution in [2.45, 2.75) is 42.5 Å². The molecule has 0 saturated heterocycles. The van der Waals surface area contributed by atoms with Gasteiger partial charge in [-0.1, -0.05) is 19.3 Å². The Kier molecular flexibility index (Phi) is 4.07. The molecule has 0 aromatic carbocycles. The largest absolute Gasteiger partial charge is 0.476 e. The van der Waals surface area contributed by atoms with Crippen LogP contribution < -0.4 is 15.6 Å². The molecular formula is C12H19N3O3S. The predicted molar refractivity (Wildman–Crippen MR) is 71.1 cm³/mol. The quantitative estimate of drug-likeness (QED) is 0.849. The van der Waals surface area contributed by atoms with E-state index < -0.39 is 10.0 Å². The normalized spacial score (nSPS) is 19.1. The molecule has 0 amide bonds. The van der Waals surface area contributed by atoms with Gasteiger partial charge in [0.05, 0.1) is 11.7 Å². The molecule has 0 spiro atoms. The molecule has 1 aliphatic rings. The van der Waals surface area contributed by atoms with Crippen molar-refractivity contribution < 1.29 is 13.2 Å². The van der Waals surface area contributed by atoms with Crippen LogP contribution in [-0.4, -0.2) is 25.5 Å². The van der Waals surface area contributed by atoms with Crippen LogP contribution in [-0.2, 0) is 10.0 Å². The molecule has 1 fully saturated rings. The fourth-order valence-electron chi connectivity index (χ4n) is 2.24. The summed E-state index contributed by atoms with van der Waals surface area (Å²) in [6, 6.07) is 2.87. The number of primary sulfonamides is 1. The van der Waals surface area contributed by atoms with Crippen LogP contribution in [0.15, 0.2) is 23.2 Å². The molecule has 0 unspecified atom stereocenters. The maximum absolute atomic E-state index is 11.1. The van der Waals surface area contributed by atoms with E-state index in [4.69, 9.17) is 15.6 Å². The second-order valence-corrected chi connectivity index (χ2v) is 6.65. The molecule has 1 saturated carbocycles. The van der Waals surface area contributed by atoms with Gasteiger partial charge in [-0.25, -0.2) is 18.5 Å². The van der Waals surface area contributed by atoms with Crippen LogP contribution in [0.4, 0.5) is 0 Å². The summed E-state index contributed by atoms with van der Waals surface area (Å²) in [4.78, 5) is 3.90. The molecule has 0 aliphatic heterocycles. The van der Waals surface area contributed by atoms with E-state index in [0.29, 0.717) is 12.5 Å². The second-order valence-electron chi connectivity index (χ2n) is 5.09. The van der Waals surface area contributed by atoms with Gasteiger partial charge in [0.25, 0.3) is 0 Å². The highest BCUT2D eigenvalue weighted by molar-refractivity contribution is 7.89. The van der Waals surface area contributed by atoms with Crippen LogP contribution in [0.3, 0.4) is 0 Å². The molecule has 19 heavy (non-hydrogen) atoms. The summed E-state index contributed by atoms with van der Waals surface area (Å²) in [6.07, 6.45) is 6.55. The van der Waals surface area contributed by atoms with Crippen molar-refractivity contribution in [2.75, 3.05) is 6.61 Å². The van der Waals surface area contributed by atoms with E-state index in [-0.39, 0.29) is 10.4 Å². The lowest BCUT2D eigenvalue weighted by molar-refractivity contribution is 0.169. The third-order valence-electron chi connectivity index (χ3n) is 3.39. The van der Waals surface area contributed by atoms with Crippen LogP contribution in [0.5, 0.6) is 5.88 Å². The average molecular weight is 285 g/mol. The van der Waals surface area contributed by atoms with Crippen LogP contribution in [0.1, 0.15) is 32.1 Å². The fraction of sp³-hybridized carbons (Fsp3) is 0.583. The Morgan fingerprint density at radius 1 is 1.26 bits per heavy atom. The van der Waals surface area contributed by atoms with Crippen molar-refractivity contribution >= 4 is 10.0 Å². The maximum Gasteiger partial charge on any atom is 0.239 e. The van der Waals surface area contributed by atoms with Gasteiger partial charge in [0.15, 0.2) is 0 Å². The van der Waals surface area contributed by atoms with Gasteiger partial charge in [-0.3, -0.25) is 0 Å². The third kappa shape index (κ3) is 3.89. The van der Waals surface area contributed by atoms with E-state index in [1.54, 1.807) is 0 Å². The minimum absolute atomic E-state index is 0.0278. The molecular weight excluding hydrogens is 266 g/mol. The lowest BCUT2D eigenvalue weighted by Gasteiger charge is -2.32. The van der Waals surface area contributed by atoms with Gasteiger partial charge in [-0.05, 0) is 18.9 Å². The Labute approximate surface area is 113 Å². The molecule has 1 aromatic heterocycles. The highest BCUT2D eigenvalue weighted by Gasteiger charge is 2.28. The molecule has 1 aliphatic carbocycles. The van der Waals surface area contributed by atoms with E-state index in [0.717, 1.165) is 25.7 Å². The summed E-state index contributed by atoms with van der Waals surface area (Å²) < 4.78 is 27.7. The lowest BCUT2D eigenvalue weighted by Crippen LogP contribution is -2.47. The first-order valence-electron chi connectivity index (χ1n) is 6.30. The molecule has 106 valence electrons. The molecule has 2 rings (SSSR count).